The Hall–Kier alpha value is -1.75. The van der Waals surface area contributed by atoms with Gasteiger partial charge in [0.2, 0.25) is 0 Å². The van der Waals surface area contributed by atoms with Crippen molar-refractivity contribution < 1.29 is 0 Å². The third-order valence-corrected chi connectivity index (χ3v) is 5.01. The van der Waals surface area contributed by atoms with Crippen LogP contribution >= 0.6 is 11.8 Å². The summed E-state index contributed by atoms with van der Waals surface area (Å²) in [5, 5.41) is 0.255. The lowest BCUT2D eigenvalue weighted by Crippen LogP contribution is -2.41. The maximum Gasteiger partial charge on any atom is 0.330 e. The molecule has 110 valence electrons. The van der Waals surface area contributed by atoms with E-state index in [9.17, 15) is 9.59 Å². The minimum atomic E-state index is -0.205. The van der Waals surface area contributed by atoms with Crippen LogP contribution in [-0.4, -0.2) is 14.4 Å². The van der Waals surface area contributed by atoms with Crippen molar-refractivity contribution >= 4 is 11.8 Å². The molecule has 1 aromatic heterocycles. The molecule has 1 aromatic carbocycles. The van der Waals surface area contributed by atoms with Crippen molar-refractivity contribution in [3.8, 4) is 0 Å². The molecule has 2 heterocycles. The highest BCUT2D eigenvalue weighted by Gasteiger charge is 2.23. The van der Waals surface area contributed by atoms with Crippen LogP contribution in [0.25, 0.3) is 0 Å². The third kappa shape index (κ3) is 2.83. The Morgan fingerprint density at radius 3 is 2.81 bits per heavy atom. The van der Waals surface area contributed by atoms with E-state index in [1.807, 2.05) is 19.1 Å². The van der Waals surface area contributed by atoms with Crippen LogP contribution in [0.5, 0.6) is 0 Å². The van der Waals surface area contributed by atoms with Gasteiger partial charge in [-0.05, 0) is 24.5 Å². The highest BCUT2D eigenvalue weighted by Crippen LogP contribution is 2.37. The number of benzene rings is 1. The second kappa shape index (κ2) is 5.93. The number of thioether (sulfide) groups is 1. The molecule has 1 aliphatic rings. The maximum atomic E-state index is 12.4. The van der Waals surface area contributed by atoms with Crippen LogP contribution in [0, 0.1) is 0 Å². The van der Waals surface area contributed by atoms with Crippen LogP contribution in [0.3, 0.4) is 0 Å². The molecule has 0 bridgehead atoms. The highest BCUT2D eigenvalue weighted by molar-refractivity contribution is 8.00. The average Bonchev–Trinajstić information content (AvgIpc) is 2.89. The SMILES string of the molecule is CCCn1ccc(=O)n(CC2Cc3ccccc3S2)c1=O. The Bertz CT molecular complexity index is 738. The van der Waals surface area contributed by atoms with Gasteiger partial charge in [0, 0.05) is 35.5 Å². The van der Waals surface area contributed by atoms with Crippen molar-refractivity contribution in [2.24, 2.45) is 0 Å². The van der Waals surface area contributed by atoms with E-state index in [1.165, 1.54) is 21.1 Å². The van der Waals surface area contributed by atoms with Crippen LogP contribution in [0.15, 0.2) is 51.0 Å². The zero-order valence-electron chi connectivity index (χ0n) is 12.0. The van der Waals surface area contributed by atoms with E-state index in [0.29, 0.717) is 13.1 Å². The molecule has 1 unspecified atom stereocenters. The monoisotopic (exact) mass is 302 g/mol. The summed E-state index contributed by atoms with van der Waals surface area (Å²) < 4.78 is 2.99. The highest BCUT2D eigenvalue weighted by atomic mass is 32.2. The maximum absolute atomic E-state index is 12.4. The largest absolute Gasteiger partial charge is 0.330 e. The Morgan fingerprint density at radius 1 is 1.24 bits per heavy atom. The Morgan fingerprint density at radius 2 is 2.05 bits per heavy atom. The Balaban J connectivity index is 1.85. The van der Waals surface area contributed by atoms with E-state index in [-0.39, 0.29) is 16.5 Å². The van der Waals surface area contributed by atoms with Gasteiger partial charge in [-0.2, -0.15) is 0 Å². The van der Waals surface area contributed by atoms with Crippen molar-refractivity contribution in [3.63, 3.8) is 0 Å². The van der Waals surface area contributed by atoms with Gasteiger partial charge < -0.3 is 4.57 Å². The van der Waals surface area contributed by atoms with E-state index in [4.69, 9.17) is 0 Å². The second-order valence-corrected chi connectivity index (χ2v) is 6.63. The summed E-state index contributed by atoms with van der Waals surface area (Å²) in [6.07, 6.45) is 3.39. The molecule has 1 atom stereocenters. The quantitative estimate of drug-likeness (QED) is 0.869. The first-order valence-corrected chi connectivity index (χ1v) is 8.12. The molecule has 0 fully saturated rings. The predicted octanol–water partition coefficient (Wildman–Crippen LogP) is 2.14. The molecule has 0 radical (unpaired) electrons. The minimum Gasteiger partial charge on any atom is -0.300 e. The summed E-state index contributed by atoms with van der Waals surface area (Å²) in [4.78, 5) is 25.6. The van der Waals surface area contributed by atoms with E-state index in [0.717, 1.165) is 12.8 Å². The molecule has 3 rings (SSSR count). The van der Waals surface area contributed by atoms with E-state index >= 15 is 0 Å². The van der Waals surface area contributed by atoms with Crippen LogP contribution in [0.1, 0.15) is 18.9 Å². The lowest BCUT2D eigenvalue weighted by Gasteiger charge is -2.12. The lowest BCUT2D eigenvalue weighted by molar-refractivity contribution is 0.537. The fourth-order valence-electron chi connectivity index (χ4n) is 2.70. The number of aryl methyl sites for hydroxylation is 1. The van der Waals surface area contributed by atoms with Crippen molar-refractivity contribution in [1.82, 2.24) is 9.13 Å². The fourth-order valence-corrected chi connectivity index (χ4v) is 4.00. The van der Waals surface area contributed by atoms with Gasteiger partial charge in [-0.15, -0.1) is 11.8 Å². The predicted molar refractivity (Wildman–Crippen MR) is 85.0 cm³/mol. The summed E-state index contributed by atoms with van der Waals surface area (Å²) >= 11 is 1.76. The molecule has 4 nitrogen and oxygen atoms in total. The first-order valence-electron chi connectivity index (χ1n) is 7.24. The molecular weight excluding hydrogens is 284 g/mol. The molecule has 0 amide bonds. The van der Waals surface area contributed by atoms with Gasteiger partial charge in [0.15, 0.2) is 0 Å². The molecule has 1 aliphatic heterocycles. The number of fused-ring (bicyclic) bond motifs is 1. The Labute approximate surface area is 127 Å². The normalized spacial score (nSPS) is 16.9. The number of hydrogen-bond donors (Lipinski definition) is 0. The zero-order valence-corrected chi connectivity index (χ0v) is 12.8. The summed E-state index contributed by atoms with van der Waals surface area (Å²) in [5.74, 6) is 0. The van der Waals surface area contributed by atoms with Crippen molar-refractivity contribution in [2.45, 2.75) is 43.0 Å². The van der Waals surface area contributed by atoms with Crippen LogP contribution in [-0.2, 0) is 19.5 Å². The number of nitrogens with zero attached hydrogens (tertiary/aromatic N) is 2. The van der Waals surface area contributed by atoms with Gasteiger partial charge in [0.05, 0.1) is 0 Å². The molecule has 0 spiro atoms. The van der Waals surface area contributed by atoms with Crippen molar-refractivity contribution in [1.29, 1.82) is 0 Å². The van der Waals surface area contributed by atoms with Crippen molar-refractivity contribution in [3.05, 3.63) is 62.9 Å². The van der Waals surface area contributed by atoms with E-state index in [2.05, 4.69) is 12.1 Å². The molecule has 0 saturated carbocycles. The van der Waals surface area contributed by atoms with E-state index < -0.39 is 0 Å². The summed E-state index contributed by atoms with van der Waals surface area (Å²) in [6, 6.07) is 9.76. The third-order valence-electron chi connectivity index (χ3n) is 3.70. The van der Waals surface area contributed by atoms with Gasteiger partial charge in [-0.1, -0.05) is 25.1 Å². The topological polar surface area (TPSA) is 44.0 Å². The summed E-state index contributed by atoms with van der Waals surface area (Å²) in [5.41, 5.74) is 0.912. The van der Waals surface area contributed by atoms with Crippen LogP contribution in [0.4, 0.5) is 0 Å². The lowest BCUT2D eigenvalue weighted by atomic mass is 10.1. The molecule has 5 heteroatoms. The first-order chi connectivity index (χ1) is 10.2. The minimum absolute atomic E-state index is 0.194. The molecule has 0 N–H and O–H groups in total. The van der Waals surface area contributed by atoms with Crippen molar-refractivity contribution in [2.75, 3.05) is 0 Å². The van der Waals surface area contributed by atoms with Gasteiger partial charge in [0.1, 0.15) is 0 Å². The van der Waals surface area contributed by atoms with Gasteiger partial charge in [-0.25, -0.2) is 4.79 Å². The summed E-state index contributed by atoms with van der Waals surface area (Å²) in [6.45, 7) is 3.14. The standard InChI is InChI=1S/C16H18N2O2S/c1-2-8-17-9-7-15(19)18(16(17)20)11-13-10-12-5-3-4-6-14(12)21-13/h3-7,9,13H,2,8,10-11H2,1H3. The van der Waals surface area contributed by atoms with Gasteiger partial charge in [-0.3, -0.25) is 9.36 Å². The molecule has 0 saturated heterocycles. The van der Waals surface area contributed by atoms with E-state index in [1.54, 1.807) is 22.5 Å². The zero-order chi connectivity index (χ0) is 14.8. The number of aromatic nitrogens is 2. The van der Waals surface area contributed by atoms with Gasteiger partial charge >= 0.3 is 5.69 Å². The summed E-state index contributed by atoms with van der Waals surface area (Å²) in [7, 11) is 0. The molecule has 2 aromatic rings. The van der Waals surface area contributed by atoms with Crippen LogP contribution < -0.4 is 11.2 Å². The Kier molecular flexibility index (Phi) is 4.01. The second-order valence-electron chi connectivity index (χ2n) is 5.29. The number of hydrogen-bond acceptors (Lipinski definition) is 3. The fraction of sp³-hybridized carbons (Fsp3) is 0.375. The number of rotatable bonds is 4. The molecule has 0 aliphatic carbocycles. The van der Waals surface area contributed by atoms with Gasteiger partial charge in [0.25, 0.3) is 5.56 Å². The first kappa shape index (κ1) is 14.2. The average molecular weight is 302 g/mol. The van der Waals surface area contributed by atoms with Crippen LogP contribution in [0.2, 0.25) is 0 Å². The smallest absolute Gasteiger partial charge is 0.300 e. The molecule has 21 heavy (non-hydrogen) atoms. The molecular formula is C16H18N2O2S.